The monoisotopic (exact) mass is 1490 g/mol. The Morgan fingerprint density at radius 1 is 0.274 bits per heavy atom. The molecule has 3 aromatic rings. The third-order valence-corrected chi connectivity index (χ3v) is 16.8. The lowest BCUT2D eigenvalue weighted by molar-refractivity contribution is -0.149. The smallest absolute Gasteiger partial charge is 0.242 e. The van der Waals surface area contributed by atoms with Crippen molar-refractivity contribution in [2.45, 2.75) is 19.3 Å². The van der Waals surface area contributed by atoms with Crippen LogP contribution in [0.25, 0.3) is 0 Å². The second-order valence-corrected chi connectivity index (χ2v) is 24.6. The predicted octanol–water partition coefficient (Wildman–Crippen LogP) is -4.34. The van der Waals surface area contributed by atoms with Gasteiger partial charge in [0.2, 0.25) is 70.9 Å². The summed E-state index contributed by atoms with van der Waals surface area (Å²) in [4.78, 5) is 183. The van der Waals surface area contributed by atoms with Crippen molar-refractivity contribution in [2.75, 3.05) is 259 Å². The number of nitrogens with zero attached hydrogens (tertiary/aromatic N) is 11. The van der Waals surface area contributed by atoms with Crippen LogP contribution in [0.2, 0.25) is 0 Å². The summed E-state index contributed by atoms with van der Waals surface area (Å²) < 4.78 is 31.8. The van der Waals surface area contributed by atoms with Gasteiger partial charge in [0.05, 0.1) is 118 Å². The zero-order valence-corrected chi connectivity index (χ0v) is 62.7. The third kappa shape index (κ3) is 35.8. The van der Waals surface area contributed by atoms with Crippen LogP contribution in [0.5, 0.6) is 0 Å². The molecule has 0 saturated carbocycles. The van der Waals surface area contributed by atoms with Gasteiger partial charge >= 0.3 is 0 Å². The fraction of sp³-hybridized carbons (Fsp3) is 0.583. The molecule has 12 amide bonds. The lowest BCUT2D eigenvalue weighted by Crippen LogP contribution is -2.54. The van der Waals surface area contributed by atoms with Crippen molar-refractivity contribution in [1.29, 1.82) is 0 Å². The summed E-state index contributed by atoms with van der Waals surface area (Å²) >= 11 is 0. The lowest BCUT2D eigenvalue weighted by atomic mass is 10.1. The molecule has 0 aromatic heterocycles. The summed E-state index contributed by atoms with van der Waals surface area (Å²) in [5, 5.41) is 2.94. The zero-order valence-electron chi connectivity index (χ0n) is 62.7. The molecule has 0 aliphatic rings. The highest BCUT2D eigenvalue weighted by Crippen LogP contribution is 2.12. The maximum absolute atomic E-state index is 14.9. The van der Waals surface area contributed by atoms with Gasteiger partial charge in [-0.2, -0.15) is 0 Å². The molecule has 0 spiro atoms. The van der Waals surface area contributed by atoms with Gasteiger partial charge in [0.1, 0.15) is 0 Å². The average Bonchev–Trinajstić information content (AvgIpc) is 0.864. The van der Waals surface area contributed by atoms with E-state index in [1.165, 1.54) is 86.8 Å². The molecule has 3 aromatic carbocycles. The minimum absolute atomic E-state index is 0.00990. The average molecular weight is 1490 g/mol. The first-order chi connectivity index (χ1) is 51.1. The van der Waals surface area contributed by atoms with Gasteiger partial charge < -0.3 is 111 Å². The summed E-state index contributed by atoms with van der Waals surface area (Å²) in [7, 11) is 8.49. The molecule has 106 heavy (non-hydrogen) atoms. The van der Waals surface area contributed by atoms with Crippen molar-refractivity contribution >= 4 is 70.9 Å². The highest BCUT2D eigenvalue weighted by atomic mass is 16.5. The van der Waals surface area contributed by atoms with Crippen molar-refractivity contribution < 1.29 is 86.0 Å². The summed E-state index contributed by atoms with van der Waals surface area (Å²) in [6, 6.07) is 27.6. The molecule has 0 unspecified atom stereocenters. The van der Waals surface area contributed by atoms with Crippen molar-refractivity contribution in [2.24, 2.45) is 22.9 Å². The van der Waals surface area contributed by atoms with Crippen LogP contribution in [-0.2, 0) is 105 Å². The van der Waals surface area contributed by atoms with Crippen LogP contribution in [0.4, 0.5) is 0 Å². The van der Waals surface area contributed by atoms with Crippen molar-refractivity contribution in [3.05, 3.63) is 108 Å². The van der Waals surface area contributed by atoms with E-state index >= 15 is 0 Å². The van der Waals surface area contributed by atoms with Crippen LogP contribution in [0.1, 0.15) is 16.7 Å². The molecule has 0 saturated heterocycles. The van der Waals surface area contributed by atoms with Crippen LogP contribution in [-0.4, -0.2) is 384 Å². The Labute approximate surface area is 622 Å². The molecule has 590 valence electrons. The minimum atomic E-state index is -0.775. The fourth-order valence-corrected chi connectivity index (χ4v) is 10.7. The highest BCUT2D eigenvalue weighted by molar-refractivity contribution is 5.95. The molecule has 0 aliphatic heterocycles. The van der Waals surface area contributed by atoms with E-state index in [4.69, 9.17) is 51.4 Å². The maximum atomic E-state index is 14.9. The van der Waals surface area contributed by atoms with Crippen LogP contribution in [0.3, 0.4) is 0 Å². The second-order valence-electron chi connectivity index (χ2n) is 24.6. The molecule has 0 heterocycles. The summed E-state index contributed by atoms with van der Waals surface area (Å²) in [6.45, 7) is -6.38. The largest absolute Gasteiger partial charge is 0.383 e. The molecule has 0 fully saturated rings. The Morgan fingerprint density at radius 3 is 0.670 bits per heavy atom. The molecule has 0 atom stereocenters. The van der Waals surface area contributed by atoms with E-state index in [9.17, 15) is 57.5 Å². The molecule has 0 bridgehead atoms. The number of nitrogens with two attached hydrogens (primary N) is 4. The second kappa shape index (κ2) is 53.6. The van der Waals surface area contributed by atoms with E-state index in [-0.39, 0.29) is 157 Å². The SMILES string of the molecule is COCCN(CC(N)=O)C(=O)CN(CCc1ccccc1)C(=O)CN(CCOC)C(=O)CN(CCN)C(=O)CN(CCOC)C(=O)CN(CCc1ccccc1)C(=O)CN(CCOC)C(=O)CN(CCN)C(=O)CN(CCOC)C(=O)CN(CCc1ccccc1)C(=O)CN(CCOC)C(=O)CNCCN. The van der Waals surface area contributed by atoms with Crippen molar-refractivity contribution in [3.8, 4) is 0 Å². The molecule has 0 aliphatic carbocycles. The third-order valence-electron chi connectivity index (χ3n) is 16.8. The first-order valence-electron chi connectivity index (χ1n) is 35.3. The normalized spacial score (nSPS) is 10.9. The number of carbonyl (C=O) groups is 12. The van der Waals surface area contributed by atoms with Crippen molar-refractivity contribution in [3.63, 3.8) is 0 Å². The number of hydrogen-bond acceptors (Lipinski definition) is 22. The van der Waals surface area contributed by atoms with Crippen molar-refractivity contribution in [1.82, 2.24) is 59.2 Å². The Bertz CT molecular complexity index is 3130. The van der Waals surface area contributed by atoms with Gasteiger partial charge in [-0.05, 0) is 36.0 Å². The standard InChI is InChI=1S/C72H114N16O18/c1-101-40-34-83(47-61(76)89)68(96)48-78(29-22-58-16-10-7-11-17-58)64(92)54-85(36-42-103-3)71(99)51-81(32-26-74)67(95)57-88(39-45-106-6)70(98)50-80(31-24-60-20-14-9-15-21-60)65(93)55-86(37-43-104-4)72(100)52-82(33-27-75)66(94)56-87(38-44-105-5)69(97)49-79(30-23-59-18-12-8-13-19-59)63(91)53-84(35-41-102-2)62(90)46-77-28-25-73/h7-21,77H,22-57,73-75H2,1-6H3,(H2,76,89). The first kappa shape index (κ1) is 91.1. The van der Waals surface area contributed by atoms with E-state index < -0.39 is 130 Å². The minimum Gasteiger partial charge on any atom is -0.383 e. The molecule has 3 rings (SSSR count). The number of rotatable bonds is 57. The Balaban J connectivity index is 1.94. The number of carbonyl (C=O) groups excluding carboxylic acids is 12. The quantitative estimate of drug-likeness (QED) is 0.0334. The van der Waals surface area contributed by atoms with Crippen LogP contribution in [0.15, 0.2) is 91.0 Å². The Morgan fingerprint density at radius 2 is 0.472 bits per heavy atom. The molecule has 9 N–H and O–H groups in total. The van der Waals surface area contributed by atoms with E-state index in [1.54, 1.807) is 12.1 Å². The number of nitrogens with one attached hydrogen (secondary N) is 1. The molecular formula is C72H114N16O18. The van der Waals surface area contributed by atoms with Gasteiger partial charge in [-0.3, -0.25) is 57.5 Å². The van der Waals surface area contributed by atoms with Crippen LogP contribution >= 0.6 is 0 Å². The van der Waals surface area contributed by atoms with Crippen LogP contribution in [0, 0.1) is 0 Å². The molecule has 0 radical (unpaired) electrons. The zero-order chi connectivity index (χ0) is 78.0. The number of amides is 12. The Kier molecular flexibility index (Phi) is 46.1. The molecule has 34 nitrogen and oxygen atoms in total. The maximum Gasteiger partial charge on any atom is 0.242 e. The Hall–Kier alpha value is -9.10. The summed E-state index contributed by atoms with van der Waals surface area (Å²) in [6.07, 6.45) is 0.919. The summed E-state index contributed by atoms with van der Waals surface area (Å²) in [5.74, 6) is -7.82. The van der Waals surface area contributed by atoms with Gasteiger partial charge in [0.25, 0.3) is 0 Å². The van der Waals surface area contributed by atoms with Gasteiger partial charge in [0, 0.05) is 141 Å². The van der Waals surface area contributed by atoms with Gasteiger partial charge in [-0.15, -0.1) is 0 Å². The van der Waals surface area contributed by atoms with E-state index in [1.807, 2.05) is 78.9 Å². The number of methoxy groups -OCH3 is 6. The lowest BCUT2D eigenvalue weighted by Gasteiger charge is -2.33. The number of ether oxygens (including phenoxy) is 6. The number of benzene rings is 3. The molecule has 34 heteroatoms. The van der Waals surface area contributed by atoms with Gasteiger partial charge in [-0.1, -0.05) is 91.0 Å². The first-order valence-corrected chi connectivity index (χ1v) is 35.3. The predicted molar refractivity (Wildman–Crippen MR) is 393 cm³/mol. The van der Waals surface area contributed by atoms with Gasteiger partial charge in [-0.25, -0.2) is 0 Å². The van der Waals surface area contributed by atoms with E-state index in [0.717, 1.165) is 26.5 Å². The van der Waals surface area contributed by atoms with E-state index in [2.05, 4.69) is 5.32 Å². The van der Waals surface area contributed by atoms with Crippen LogP contribution < -0.4 is 28.3 Å². The molecular weight excluding hydrogens is 1380 g/mol. The number of hydrogen-bond donors (Lipinski definition) is 5. The topological polar surface area (TPSA) is 412 Å². The summed E-state index contributed by atoms with van der Waals surface area (Å²) in [5.41, 5.74) is 25.7. The van der Waals surface area contributed by atoms with E-state index in [0.29, 0.717) is 19.4 Å². The number of primary amides is 1. The highest BCUT2D eigenvalue weighted by Gasteiger charge is 2.33. The fourth-order valence-electron chi connectivity index (χ4n) is 10.7. The van der Waals surface area contributed by atoms with Gasteiger partial charge in [0.15, 0.2) is 0 Å².